The van der Waals surface area contributed by atoms with Gasteiger partial charge in [-0.2, -0.15) is 0 Å². The summed E-state index contributed by atoms with van der Waals surface area (Å²) < 4.78 is 0. The topological polar surface area (TPSA) is 3.24 Å². The van der Waals surface area contributed by atoms with Crippen molar-refractivity contribution in [3.63, 3.8) is 0 Å². The molecule has 0 spiro atoms. The van der Waals surface area contributed by atoms with Crippen LogP contribution in [0.5, 0.6) is 0 Å². The molecule has 0 radical (unpaired) electrons. The minimum absolute atomic E-state index is 0.0189. The summed E-state index contributed by atoms with van der Waals surface area (Å²) in [6.07, 6.45) is 13.2. The van der Waals surface area contributed by atoms with E-state index >= 15 is 0 Å². The van der Waals surface area contributed by atoms with Crippen molar-refractivity contribution in [2.75, 3.05) is 4.90 Å². The molecular weight excluding hydrogens is 639 g/mol. The molecule has 0 saturated carbocycles. The quantitative estimate of drug-likeness (QED) is 0.169. The van der Waals surface area contributed by atoms with Crippen molar-refractivity contribution in [2.45, 2.75) is 44.6 Å². The minimum Gasteiger partial charge on any atom is -0.334 e. The van der Waals surface area contributed by atoms with Crippen molar-refractivity contribution in [3.8, 4) is 22.3 Å². The number of fused-ring (bicyclic) bond motifs is 5. The van der Waals surface area contributed by atoms with Gasteiger partial charge in [0.1, 0.15) is 0 Å². The molecule has 1 unspecified atom stereocenters. The van der Waals surface area contributed by atoms with Gasteiger partial charge < -0.3 is 4.90 Å². The molecule has 0 aromatic heterocycles. The normalized spacial score (nSPS) is 18.7. The monoisotopic (exact) mass is 681 g/mol. The van der Waals surface area contributed by atoms with Crippen LogP contribution in [0.25, 0.3) is 22.3 Å². The van der Waals surface area contributed by atoms with Gasteiger partial charge in [0.25, 0.3) is 0 Å². The van der Waals surface area contributed by atoms with E-state index in [0.717, 1.165) is 19.3 Å². The van der Waals surface area contributed by atoms with Crippen molar-refractivity contribution >= 4 is 11.4 Å². The highest BCUT2D eigenvalue weighted by Gasteiger charge is 2.47. The van der Waals surface area contributed by atoms with E-state index in [-0.39, 0.29) is 11.5 Å². The number of allylic oxidation sites excluding steroid dienone is 6. The number of benzene rings is 6. The predicted molar refractivity (Wildman–Crippen MR) is 222 cm³/mol. The van der Waals surface area contributed by atoms with Gasteiger partial charge in [-0.1, -0.05) is 172 Å². The van der Waals surface area contributed by atoms with Crippen LogP contribution in [0.4, 0.5) is 11.4 Å². The third kappa shape index (κ3) is 4.84. The Balaban J connectivity index is 1.18. The summed E-state index contributed by atoms with van der Waals surface area (Å²) in [5.74, 6) is 0. The van der Waals surface area contributed by atoms with E-state index in [0.29, 0.717) is 0 Å². The number of hydrogen-bond donors (Lipinski definition) is 0. The third-order valence-electron chi connectivity index (χ3n) is 12.4. The van der Waals surface area contributed by atoms with Crippen LogP contribution in [0.1, 0.15) is 55.4 Å². The van der Waals surface area contributed by atoms with Gasteiger partial charge in [-0.05, 0) is 110 Å². The Morgan fingerprint density at radius 2 is 1.19 bits per heavy atom. The minimum atomic E-state index is -0.450. The molecule has 256 valence electrons. The van der Waals surface area contributed by atoms with Gasteiger partial charge in [0.05, 0.1) is 11.5 Å². The second-order valence-corrected chi connectivity index (χ2v) is 15.5. The third-order valence-corrected chi connectivity index (χ3v) is 12.4. The molecule has 4 aliphatic carbocycles. The lowest BCUT2D eigenvalue weighted by Gasteiger charge is -2.38. The van der Waals surface area contributed by atoms with Crippen LogP contribution in [-0.4, -0.2) is 6.04 Å². The molecule has 4 aliphatic rings. The Labute approximate surface area is 314 Å². The fraction of sp³-hybridized carbons (Fsp3) is 0.154. The van der Waals surface area contributed by atoms with E-state index in [4.69, 9.17) is 0 Å². The van der Waals surface area contributed by atoms with Crippen molar-refractivity contribution in [3.05, 3.63) is 227 Å². The van der Waals surface area contributed by atoms with Crippen molar-refractivity contribution in [1.82, 2.24) is 0 Å². The Morgan fingerprint density at radius 1 is 0.585 bits per heavy atom. The highest BCUT2D eigenvalue weighted by Crippen LogP contribution is 2.58. The molecule has 6 aromatic carbocycles. The maximum Gasteiger partial charge on any atom is 0.0714 e. The van der Waals surface area contributed by atoms with Crippen LogP contribution >= 0.6 is 0 Å². The van der Waals surface area contributed by atoms with Crippen molar-refractivity contribution in [2.24, 2.45) is 5.41 Å². The molecule has 1 heteroatoms. The van der Waals surface area contributed by atoms with Gasteiger partial charge in [0, 0.05) is 16.8 Å². The molecule has 0 saturated heterocycles. The summed E-state index contributed by atoms with van der Waals surface area (Å²) in [5, 5.41) is 0. The molecule has 0 N–H and O–H groups in total. The van der Waals surface area contributed by atoms with Gasteiger partial charge in [0.2, 0.25) is 0 Å². The lowest BCUT2D eigenvalue weighted by molar-refractivity contribution is 0.565. The van der Waals surface area contributed by atoms with E-state index in [1.807, 2.05) is 0 Å². The summed E-state index contributed by atoms with van der Waals surface area (Å²) in [6, 6.07) is 58.7. The Hall–Kier alpha value is -5.92. The molecular formula is C52H43N. The molecule has 53 heavy (non-hydrogen) atoms. The molecule has 1 nitrogen and oxygen atoms in total. The van der Waals surface area contributed by atoms with Crippen LogP contribution in [0.2, 0.25) is 0 Å². The van der Waals surface area contributed by atoms with E-state index in [1.165, 1.54) is 72.6 Å². The lowest BCUT2D eigenvalue weighted by Crippen LogP contribution is -2.33. The first kappa shape index (κ1) is 31.8. The zero-order valence-electron chi connectivity index (χ0n) is 30.5. The van der Waals surface area contributed by atoms with Gasteiger partial charge in [0.15, 0.2) is 0 Å². The average Bonchev–Trinajstić information content (AvgIpc) is 3.65. The number of rotatable bonds is 6. The molecule has 0 aliphatic heterocycles. The Kier molecular flexibility index (Phi) is 7.41. The first-order valence-electron chi connectivity index (χ1n) is 19.2. The fourth-order valence-corrected chi connectivity index (χ4v) is 9.94. The van der Waals surface area contributed by atoms with Gasteiger partial charge in [-0.15, -0.1) is 0 Å². The second-order valence-electron chi connectivity index (χ2n) is 15.5. The van der Waals surface area contributed by atoms with E-state index < -0.39 is 5.41 Å². The number of anilines is 2. The van der Waals surface area contributed by atoms with Crippen LogP contribution < -0.4 is 4.90 Å². The van der Waals surface area contributed by atoms with E-state index in [2.05, 4.69) is 201 Å². The fourth-order valence-electron chi connectivity index (χ4n) is 9.94. The summed E-state index contributed by atoms with van der Waals surface area (Å²) in [4.78, 5) is 2.61. The summed E-state index contributed by atoms with van der Waals surface area (Å²) in [5.41, 5.74) is 18.3. The smallest absolute Gasteiger partial charge is 0.0714 e. The van der Waals surface area contributed by atoms with Crippen LogP contribution in [0.3, 0.4) is 0 Å². The molecule has 6 aromatic rings. The van der Waals surface area contributed by atoms with Gasteiger partial charge in [-0.3, -0.25) is 0 Å². The van der Waals surface area contributed by atoms with Gasteiger partial charge in [-0.25, -0.2) is 0 Å². The average molecular weight is 682 g/mol. The maximum atomic E-state index is 2.61. The van der Waals surface area contributed by atoms with Crippen molar-refractivity contribution < 1.29 is 0 Å². The highest BCUT2D eigenvalue weighted by atomic mass is 15.2. The molecule has 0 bridgehead atoms. The SMILES string of the molecule is CC1(C)C2=CC(N(c3ccc(-c4ccccc4)cc3)c3ccc4c(c3)C(c3ccccc3)(c3ccccc3)c3ccccc3-4)CC=C2C2=C1C=CCC2. The summed E-state index contributed by atoms with van der Waals surface area (Å²) >= 11 is 0. The van der Waals surface area contributed by atoms with Gasteiger partial charge >= 0.3 is 0 Å². The number of hydrogen-bond acceptors (Lipinski definition) is 1. The first-order valence-corrected chi connectivity index (χ1v) is 19.2. The highest BCUT2D eigenvalue weighted by molar-refractivity contribution is 5.88. The first-order chi connectivity index (χ1) is 26.0. The molecule has 0 amide bonds. The Morgan fingerprint density at radius 3 is 1.91 bits per heavy atom. The standard InChI is InChI=1S/C52H43N/c1-51(2)47-24-14-12-22-43(47)45-32-30-41(34-49(45)51)53(40-28-26-37(27-29-40)36-16-6-3-7-17-36)42-31-33-46-44-23-13-15-25-48(44)52(50(46)35-42,38-18-8-4-9-19-38)39-20-10-5-11-21-39/h3-11,13-21,23-29,31-35,41H,12,22,30H2,1-2H3. The molecule has 10 rings (SSSR count). The molecule has 0 heterocycles. The Bertz CT molecular complexity index is 2440. The zero-order chi connectivity index (χ0) is 35.6. The summed E-state index contributed by atoms with van der Waals surface area (Å²) in [6.45, 7) is 4.85. The van der Waals surface area contributed by atoms with Crippen molar-refractivity contribution in [1.29, 1.82) is 0 Å². The maximum absolute atomic E-state index is 2.61. The molecule has 1 atom stereocenters. The largest absolute Gasteiger partial charge is 0.334 e. The van der Waals surface area contributed by atoms with E-state index in [1.54, 1.807) is 5.57 Å². The van der Waals surface area contributed by atoms with Crippen LogP contribution in [0, 0.1) is 5.41 Å². The van der Waals surface area contributed by atoms with Crippen LogP contribution in [-0.2, 0) is 5.41 Å². The predicted octanol–water partition coefficient (Wildman–Crippen LogP) is 13.2. The molecule has 0 fully saturated rings. The van der Waals surface area contributed by atoms with E-state index in [9.17, 15) is 0 Å². The zero-order valence-corrected chi connectivity index (χ0v) is 30.5. The summed E-state index contributed by atoms with van der Waals surface area (Å²) in [7, 11) is 0. The number of nitrogens with zero attached hydrogens (tertiary/aromatic N) is 1. The second kappa shape index (κ2) is 12.3. The van der Waals surface area contributed by atoms with Crippen LogP contribution in [0.15, 0.2) is 204 Å². The lowest BCUT2D eigenvalue weighted by atomic mass is 9.67.